The van der Waals surface area contributed by atoms with E-state index < -0.39 is 5.91 Å². The fourth-order valence-corrected chi connectivity index (χ4v) is 2.79. The third-order valence-corrected chi connectivity index (χ3v) is 4.08. The number of anilines is 1. The van der Waals surface area contributed by atoms with E-state index in [-0.39, 0.29) is 36.2 Å². The number of aromatic nitrogens is 3. The minimum absolute atomic E-state index is 0.00962. The van der Waals surface area contributed by atoms with E-state index in [4.69, 9.17) is 4.74 Å². The maximum Gasteiger partial charge on any atom is 0.270 e. The number of hydrogen-bond acceptors (Lipinski definition) is 6. The van der Waals surface area contributed by atoms with Gasteiger partial charge in [0.25, 0.3) is 11.8 Å². The summed E-state index contributed by atoms with van der Waals surface area (Å²) in [6.45, 7) is 1.62. The highest BCUT2D eigenvalue weighted by Gasteiger charge is 2.17. The van der Waals surface area contributed by atoms with Crippen molar-refractivity contribution < 1.29 is 19.1 Å². The van der Waals surface area contributed by atoms with Gasteiger partial charge in [-0.1, -0.05) is 6.07 Å². The lowest BCUT2D eigenvalue weighted by Gasteiger charge is -2.18. The normalized spacial score (nSPS) is 12.9. The Bertz CT molecular complexity index is 1090. The molecule has 2 N–H and O–H groups in total. The summed E-state index contributed by atoms with van der Waals surface area (Å²) in [5, 5.41) is 9.52. The fraction of sp³-hybridized carbons (Fsp3) is 0.167. The summed E-state index contributed by atoms with van der Waals surface area (Å²) >= 11 is 0. The van der Waals surface area contributed by atoms with E-state index in [1.54, 1.807) is 24.3 Å². The lowest BCUT2D eigenvalue weighted by molar-refractivity contribution is -0.118. The monoisotopic (exact) mass is 365 g/mol. The first-order chi connectivity index (χ1) is 13.0. The molecule has 1 aliphatic heterocycles. The van der Waals surface area contributed by atoms with Gasteiger partial charge in [0.05, 0.1) is 11.9 Å². The first kappa shape index (κ1) is 16.7. The third kappa shape index (κ3) is 3.22. The summed E-state index contributed by atoms with van der Waals surface area (Å²) in [6, 6.07) is 8.31. The zero-order valence-electron chi connectivity index (χ0n) is 14.4. The van der Waals surface area contributed by atoms with Crippen LogP contribution < -0.4 is 15.4 Å². The molecule has 0 atom stereocenters. The Morgan fingerprint density at radius 3 is 2.96 bits per heavy atom. The van der Waals surface area contributed by atoms with Crippen LogP contribution in [-0.2, 0) is 11.3 Å². The number of ether oxygens (including phenoxy) is 1. The number of fused-ring (bicyclic) bond motifs is 2. The minimum atomic E-state index is -0.417. The topological polar surface area (TPSA) is 115 Å². The van der Waals surface area contributed by atoms with Crippen molar-refractivity contribution in [3.63, 3.8) is 0 Å². The molecule has 0 spiro atoms. The summed E-state index contributed by atoms with van der Waals surface area (Å²) in [5.74, 6) is -0.271. The van der Waals surface area contributed by atoms with E-state index in [0.717, 1.165) is 5.56 Å². The Morgan fingerprint density at radius 1 is 1.30 bits per heavy atom. The van der Waals surface area contributed by atoms with Gasteiger partial charge < -0.3 is 15.4 Å². The van der Waals surface area contributed by atoms with Crippen LogP contribution in [0.1, 0.15) is 33.5 Å². The van der Waals surface area contributed by atoms with Crippen molar-refractivity contribution in [2.75, 3.05) is 11.9 Å². The van der Waals surface area contributed by atoms with E-state index >= 15 is 0 Å². The number of nitrogens with zero attached hydrogens (tertiary/aromatic N) is 3. The van der Waals surface area contributed by atoms with Gasteiger partial charge in [-0.15, -0.1) is 0 Å². The maximum atomic E-state index is 12.5. The van der Waals surface area contributed by atoms with Crippen molar-refractivity contribution in [3.05, 3.63) is 53.5 Å². The molecule has 4 rings (SSSR count). The quantitative estimate of drug-likeness (QED) is 0.671. The van der Waals surface area contributed by atoms with E-state index in [2.05, 4.69) is 20.7 Å². The largest absolute Gasteiger partial charge is 0.482 e. The molecule has 136 valence electrons. The molecule has 1 aliphatic rings. The lowest BCUT2D eigenvalue weighted by Crippen LogP contribution is -2.26. The molecule has 0 saturated carbocycles. The molecule has 3 heterocycles. The van der Waals surface area contributed by atoms with Gasteiger partial charge in [0, 0.05) is 19.5 Å². The molecular weight excluding hydrogens is 350 g/mol. The summed E-state index contributed by atoms with van der Waals surface area (Å²) in [7, 11) is 0. The van der Waals surface area contributed by atoms with E-state index in [9.17, 15) is 14.4 Å². The Balaban J connectivity index is 1.53. The summed E-state index contributed by atoms with van der Waals surface area (Å²) < 4.78 is 6.70. The van der Waals surface area contributed by atoms with Gasteiger partial charge in [-0.3, -0.25) is 14.4 Å². The highest BCUT2D eigenvalue weighted by atomic mass is 16.5. The minimum Gasteiger partial charge on any atom is -0.482 e. The van der Waals surface area contributed by atoms with E-state index in [0.29, 0.717) is 17.1 Å². The van der Waals surface area contributed by atoms with Gasteiger partial charge in [0.1, 0.15) is 17.1 Å². The summed E-state index contributed by atoms with van der Waals surface area (Å²) in [5.41, 5.74) is 2.17. The van der Waals surface area contributed by atoms with Crippen LogP contribution in [0.5, 0.6) is 5.75 Å². The SMILES string of the molecule is CC(=O)c1cc(C(=O)NCc2ccc3c(c2)NC(=O)CO3)nc2ccnn12. The van der Waals surface area contributed by atoms with Crippen LogP contribution in [0.15, 0.2) is 36.5 Å². The van der Waals surface area contributed by atoms with Crippen LogP contribution in [0.3, 0.4) is 0 Å². The van der Waals surface area contributed by atoms with Crippen molar-refractivity contribution in [1.29, 1.82) is 0 Å². The zero-order valence-corrected chi connectivity index (χ0v) is 14.4. The van der Waals surface area contributed by atoms with Gasteiger partial charge in [-0.2, -0.15) is 5.10 Å². The molecule has 0 radical (unpaired) electrons. The lowest BCUT2D eigenvalue weighted by atomic mass is 10.1. The highest BCUT2D eigenvalue weighted by Crippen LogP contribution is 2.28. The smallest absolute Gasteiger partial charge is 0.270 e. The van der Waals surface area contributed by atoms with E-state index in [1.807, 2.05) is 0 Å². The number of carbonyl (C=O) groups is 3. The number of carbonyl (C=O) groups excluding carboxylic acids is 3. The predicted octanol–water partition coefficient (Wildman–Crippen LogP) is 1.19. The number of rotatable bonds is 4. The van der Waals surface area contributed by atoms with Crippen molar-refractivity contribution in [1.82, 2.24) is 19.9 Å². The van der Waals surface area contributed by atoms with Crippen molar-refractivity contribution >= 4 is 28.9 Å². The summed E-state index contributed by atoms with van der Waals surface area (Å²) in [4.78, 5) is 39.9. The number of amides is 2. The Labute approximate surface area is 153 Å². The first-order valence-corrected chi connectivity index (χ1v) is 8.21. The molecule has 9 heteroatoms. The second-order valence-electron chi connectivity index (χ2n) is 6.03. The Kier molecular flexibility index (Phi) is 4.03. The molecule has 0 unspecified atom stereocenters. The number of hydrogen-bond donors (Lipinski definition) is 2. The Hall–Kier alpha value is -3.75. The molecule has 2 aromatic heterocycles. The van der Waals surface area contributed by atoms with Crippen molar-refractivity contribution in [2.45, 2.75) is 13.5 Å². The van der Waals surface area contributed by atoms with Crippen molar-refractivity contribution in [3.8, 4) is 5.75 Å². The molecular formula is C18H15N5O4. The molecule has 9 nitrogen and oxygen atoms in total. The van der Waals surface area contributed by atoms with E-state index in [1.165, 1.54) is 23.7 Å². The van der Waals surface area contributed by atoms with Crippen LogP contribution in [0, 0.1) is 0 Å². The van der Waals surface area contributed by atoms with Gasteiger partial charge >= 0.3 is 0 Å². The standard InChI is InChI=1S/C18H15N5O4/c1-10(24)14-7-13(21-16-4-5-20-23(14)16)18(26)19-8-11-2-3-15-12(6-11)22-17(25)9-27-15/h2-7H,8-9H2,1H3,(H,19,26)(H,22,25). The Morgan fingerprint density at radius 2 is 2.15 bits per heavy atom. The van der Waals surface area contributed by atoms with Gasteiger partial charge in [-0.25, -0.2) is 9.50 Å². The average Bonchev–Trinajstić information content (AvgIpc) is 3.13. The van der Waals surface area contributed by atoms with Gasteiger partial charge in [0.2, 0.25) is 0 Å². The van der Waals surface area contributed by atoms with Crippen molar-refractivity contribution in [2.24, 2.45) is 0 Å². The van der Waals surface area contributed by atoms with Crippen LogP contribution in [0.4, 0.5) is 5.69 Å². The van der Waals surface area contributed by atoms with Gasteiger partial charge in [-0.05, 0) is 23.8 Å². The zero-order chi connectivity index (χ0) is 19.0. The predicted molar refractivity (Wildman–Crippen MR) is 94.7 cm³/mol. The average molecular weight is 365 g/mol. The second-order valence-corrected chi connectivity index (χ2v) is 6.03. The molecule has 0 saturated heterocycles. The number of Topliss-reactive ketones (excluding diaryl/α,β-unsaturated/α-hetero) is 1. The van der Waals surface area contributed by atoms with Gasteiger partial charge in [0.15, 0.2) is 18.0 Å². The highest BCUT2D eigenvalue weighted by molar-refractivity contribution is 5.98. The second kappa shape index (κ2) is 6.52. The fourth-order valence-electron chi connectivity index (χ4n) is 2.79. The van der Waals surface area contributed by atoms with Crippen LogP contribution in [-0.4, -0.2) is 38.8 Å². The van der Waals surface area contributed by atoms with Crippen LogP contribution in [0.25, 0.3) is 5.65 Å². The molecule has 0 bridgehead atoms. The van der Waals surface area contributed by atoms with Crippen LogP contribution in [0.2, 0.25) is 0 Å². The molecule has 2 amide bonds. The third-order valence-electron chi connectivity index (χ3n) is 4.08. The maximum absolute atomic E-state index is 12.5. The first-order valence-electron chi connectivity index (χ1n) is 8.21. The number of nitrogens with one attached hydrogen (secondary N) is 2. The van der Waals surface area contributed by atoms with Crippen LogP contribution >= 0.6 is 0 Å². The number of benzene rings is 1. The summed E-state index contributed by atoms with van der Waals surface area (Å²) in [6.07, 6.45) is 1.51. The molecule has 27 heavy (non-hydrogen) atoms. The molecule has 0 fully saturated rings. The molecule has 3 aromatic rings. The number of ketones is 1. The molecule has 1 aromatic carbocycles. The molecule has 0 aliphatic carbocycles.